The van der Waals surface area contributed by atoms with Crippen LogP contribution >= 0.6 is 0 Å². The number of rotatable bonds is 4. The molecular formula is C13H24N4O2. The van der Waals surface area contributed by atoms with Crippen LogP contribution in [-0.4, -0.2) is 48.1 Å². The van der Waals surface area contributed by atoms with Crippen molar-refractivity contribution in [2.24, 2.45) is 5.73 Å². The highest BCUT2D eigenvalue weighted by atomic mass is 16.2. The maximum Gasteiger partial charge on any atom is 0.312 e. The van der Waals surface area contributed by atoms with Gasteiger partial charge in [0, 0.05) is 25.2 Å². The van der Waals surface area contributed by atoms with Crippen molar-refractivity contribution in [3.63, 3.8) is 0 Å². The summed E-state index contributed by atoms with van der Waals surface area (Å²) in [6, 6.07) is -0.135. The molecule has 4 N–H and O–H groups in total. The molecule has 2 fully saturated rings. The molecule has 2 saturated heterocycles. The highest BCUT2D eigenvalue weighted by Crippen LogP contribution is 2.21. The van der Waals surface area contributed by atoms with Crippen molar-refractivity contribution in [1.29, 1.82) is 0 Å². The first-order chi connectivity index (χ1) is 9.10. The molecule has 19 heavy (non-hydrogen) atoms. The van der Waals surface area contributed by atoms with Gasteiger partial charge in [0.25, 0.3) is 0 Å². The van der Waals surface area contributed by atoms with E-state index in [1.165, 1.54) is 6.42 Å². The van der Waals surface area contributed by atoms with E-state index in [1.54, 1.807) is 0 Å². The van der Waals surface area contributed by atoms with Gasteiger partial charge in [0.1, 0.15) is 6.04 Å². The third-order valence-corrected chi connectivity index (χ3v) is 4.03. The number of primary amides is 1. The summed E-state index contributed by atoms with van der Waals surface area (Å²) in [6.45, 7) is 3.51. The molecule has 6 nitrogen and oxygen atoms in total. The zero-order chi connectivity index (χ0) is 13.8. The molecule has 108 valence electrons. The predicted molar refractivity (Wildman–Crippen MR) is 72.6 cm³/mol. The number of carbonyl (C=O) groups is 2. The Bertz CT molecular complexity index is 348. The van der Waals surface area contributed by atoms with E-state index >= 15 is 0 Å². The van der Waals surface area contributed by atoms with Crippen molar-refractivity contribution in [2.45, 2.75) is 57.2 Å². The van der Waals surface area contributed by atoms with Gasteiger partial charge in [-0.2, -0.15) is 0 Å². The number of urea groups is 1. The van der Waals surface area contributed by atoms with Crippen LogP contribution in [0.2, 0.25) is 0 Å². The lowest BCUT2D eigenvalue weighted by Gasteiger charge is -2.28. The van der Waals surface area contributed by atoms with Crippen LogP contribution < -0.4 is 16.4 Å². The van der Waals surface area contributed by atoms with Gasteiger partial charge in [-0.05, 0) is 25.7 Å². The molecule has 2 bridgehead atoms. The van der Waals surface area contributed by atoms with E-state index in [1.807, 2.05) is 11.8 Å². The number of nitrogens with two attached hydrogens (primary N) is 1. The molecule has 3 amide bonds. The monoisotopic (exact) mass is 268 g/mol. The van der Waals surface area contributed by atoms with E-state index in [-0.39, 0.29) is 5.91 Å². The number of hydrogen-bond donors (Lipinski definition) is 3. The highest BCUT2D eigenvalue weighted by molar-refractivity contribution is 5.86. The molecule has 2 rings (SSSR count). The van der Waals surface area contributed by atoms with Gasteiger partial charge in [0.05, 0.1) is 0 Å². The Kier molecular flexibility index (Phi) is 4.63. The van der Waals surface area contributed by atoms with Gasteiger partial charge in [-0.3, -0.25) is 4.79 Å². The third kappa shape index (κ3) is 3.59. The number of nitrogens with zero attached hydrogens (tertiary/aromatic N) is 1. The summed E-state index contributed by atoms with van der Waals surface area (Å²) in [4.78, 5) is 25.4. The van der Waals surface area contributed by atoms with Gasteiger partial charge in [-0.15, -0.1) is 0 Å². The standard InChI is InChI=1S/C13H24N4O2/c1-2-3-11(16-13(14)19)12(18)17-7-6-9-4-5-10(8-17)15-9/h9-11,15H,2-8H2,1H3,(H3,14,16,19)/t9?,10?,11-/m1/s1. The number of carbonyl (C=O) groups excluding carboxylic acids is 2. The Labute approximate surface area is 114 Å². The fraction of sp³-hybridized carbons (Fsp3) is 0.846. The molecular weight excluding hydrogens is 244 g/mol. The summed E-state index contributed by atoms with van der Waals surface area (Å²) in [7, 11) is 0. The zero-order valence-electron chi connectivity index (χ0n) is 11.5. The maximum absolute atomic E-state index is 12.5. The minimum atomic E-state index is -0.624. The Morgan fingerprint density at radius 3 is 2.79 bits per heavy atom. The second-order valence-electron chi connectivity index (χ2n) is 5.56. The largest absolute Gasteiger partial charge is 0.352 e. The van der Waals surface area contributed by atoms with Gasteiger partial charge < -0.3 is 21.3 Å². The van der Waals surface area contributed by atoms with Gasteiger partial charge in [-0.25, -0.2) is 4.79 Å². The second-order valence-corrected chi connectivity index (χ2v) is 5.56. The lowest BCUT2D eigenvalue weighted by atomic mass is 10.1. The molecule has 6 heteroatoms. The minimum Gasteiger partial charge on any atom is -0.352 e. The molecule has 0 aromatic heterocycles. The highest BCUT2D eigenvalue weighted by Gasteiger charge is 2.33. The van der Waals surface area contributed by atoms with Crippen molar-refractivity contribution >= 4 is 11.9 Å². The van der Waals surface area contributed by atoms with E-state index in [9.17, 15) is 9.59 Å². The fourth-order valence-corrected chi connectivity index (χ4v) is 3.08. The molecule has 0 radical (unpaired) electrons. The van der Waals surface area contributed by atoms with E-state index in [4.69, 9.17) is 5.73 Å². The normalized spacial score (nSPS) is 27.7. The first-order valence-corrected chi connectivity index (χ1v) is 7.21. The van der Waals surface area contributed by atoms with Crippen LogP contribution in [0.1, 0.15) is 39.0 Å². The van der Waals surface area contributed by atoms with Crippen LogP contribution in [0, 0.1) is 0 Å². The van der Waals surface area contributed by atoms with E-state index in [0.717, 1.165) is 32.4 Å². The summed E-state index contributed by atoms with van der Waals surface area (Å²) in [5.41, 5.74) is 5.15. The lowest BCUT2D eigenvalue weighted by Crippen LogP contribution is -2.51. The molecule has 0 aliphatic carbocycles. The van der Waals surface area contributed by atoms with Crippen LogP contribution in [0.15, 0.2) is 0 Å². The molecule has 3 atom stereocenters. The Balaban J connectivity index is 1.97. The molecule has 0 saturated carbocycles. The summed E-state index contributed by atoms with van der Waals surface area (Å²) in [5.74, 6) is 0.00926. The van der Waals surface area contributed by atoms with E-state index < -0.39 is 12.1 Å². The molecule has 0 aromatic rings. The van der Waals surface area contributed by atoms with Crippen LogP contribution in [0.4, 0.5) is 4.79 Å². The molecule has 0 aromatic carbocycles. The second kappa shape index (κ2) is 6.23. The molecule has 2 unspecified atom stereocenters. The summed E-state index contributed by atoms with van der Waals surface area (Å²) in [6.07, 6.45) is 4.83. The molecule has 2 heterocycles. The number of likely N-dealkylation sites (tertiary alicyclic amines) is 1. The Hall–Kier alpha value is -1.30. The van der Waals surface area contributed by atoms with Crippen LogP contribution in [-0.2, 0) is 4.79 Å². The average molecular weight is 268 g/mol. The fourth-order valence-electron chi connectivity index (χ4n) is 3.08. The van der Waals surface area contributed by atoms with Crippen LogP contribution in [0.3, 0.4) is 0 Å². The number of hydrogen-bond acceptors (Lipinski definition) is 3. The third-order valence-electron chi connectivity index (χ3n) is 4.03. The first-order valence-electron chi connectivity index (χ1n) is 7.21. The average Bonchev–Trinajstić information content (AvgIpc) is 2.67. The smallest absolute Gasteiger partial charge is 0.312 e. The Morgan fingerprint density at radius 2 is 2.11 bits per heavy atom. The lowest BCUT2D eigenvalue weighted by molar-refractivity contribution is -0.133. The summed E-state index contributed by atoms with van der Waals surface area (Å²) in [5, 5.41) is 6.11. The van der Waals surface area contributed by atoms with Gasteiger partial charge in [0.15, 0.2) is 0 Å². The summed E-state index contributed by atoms with van der Waals surface area (Å²) < 4.78 is 0. The molecule has 2 aliphatic rings. The van der Waals surface area contributed by atoms with Gasteiger partial charge in [0.2, 0.25) is 5.91 Å². The summed E-state index contributed by atoms with van der Waals surface area (Å²) >= 11 is 0. The van der Waals surface area contributed by atoms with Gasteiger partial charge >= 0.3 is 6.03 Å². The molecule has 2 aliphatic heterocycles. The maximum atomic E-state index is 12.5. The van der Waals surface area contributed by atoms with Crippen molar-refractivity contribution in [2.75, 3.05) is 13.1 Å². The SMILES string of the molecule is CCC[C@@H](NC(N)=O)C(=O)N1CCC2CCC(C1)N2. The molecule has 0 spiro atoms. The number of amides is 3. The topological polar surface area (TPSA) is 87.5 Å². The van der Waals surface area contributed by atoms with Crippen molar-refractivity contribution in [3.8, 4) is 0 Å². The van der Waals surface area contributed by atoms with Gasteiger partial charge in [-0.1, -0.05) is 13.3 Å². The predicted octanol–water partition coefficient (Wildman–Crippen LogP) is 0.176. The van der Waals surface area contributed by atoms with E-state index in [0.29, 0.717) is 18.5 Å². The number of nitrogens with one attached hydrogen (secondary N) is 2. The Morgan fingerprint density at radius 1 is 1.37 bits per heavy atom. The van der Waals surface area contributed by atoms with Crippen LogP contribution in [0.5, 0.6) is 0 Å². The first kappa shape index (κ1) is 14.1. The number of fused-ring (bicyclic) bond motifs is 2. The van der Waals surface area contributed by atoms with Crippen molar-refractivity contribution in [1.82, 2.24) is 15.5 Å². The minimum absolute atomic E-state index is 0.00926. The van der Waals surface area contributed by atoms with E-state index in [2.05, 4.69) is 10.6 Å². The van der Waals surface area contributed by atoms with Crippen LogP contribution in [0.25, 0.3) is 0 Å². The van der Waals surface area contributed by atoms with Crippen molar-refractivity contribution < 1.29 is 9.59 Å². The van der Waals surface area contributed by atoms with Crippen molar-refractivity contribution in [3.05, 3.63) is 0 Å². The zero-order valence-corrected chi connectivity index (χ0v) is 11.5. The quantitative estimate of drug-likeness (QED) is 0.679.